The normalized spacial score (nSPS) is 21.9. The number of amides is 2. The molecule has 2 atom stereocenters. The maximum atomic E-state index is 12.4. The van der Waals surface area contributed by atoms with Gasteiger partial charge in [0.2, 0.25) is 0 Å². The molecule has 0 saturated carbocycles. The fraction of sp³-hybridized carbons (Fsp3) is 0.467. The van der Waals surface area contributed by atoms with Crippen LogP contribution in [0.15, 0.2) is 24.3 Å². The average molecular weight is 308 g/mol. The van der Waals surface area contributed by atoms with Gasteiger partial charge in [0.1, 0.15) is 0 Å². The number of nitrogens with zero attached hydrogens (tertiary/aromatic N) is 1. The summed E-state index contributed by atoms with van der Waals surface area (Å²) < 4.78 is 0. The van der Waals surface area contributed by atoms with Crippen LogP contribution in [-0.2, 0) is 11.2 Å². The number of urea groups is 1. The summed E-state index contributed by atoms with van der Waals surface area (Å²) in [6.45, 7) is 4.87. The van der Waals surface area contributed by atoms with Gasteiger partial charge in [0.25, 0.3) is 0 Å². The van der Waals surface area contributed by atoms with Crippen molar-refractivity contribution in [2.24, 2.45) is 0 Å². The lowest BCUT2D eigenvalue weighted by Crippen LogP contribution is -2.49. The van der Waals surface area contributed by atoms with E-state index in [1.165, 1.54) is 0 Å². The van der Waals surface area contributed by atoms with Gasteiger partial charge in [0, 0.05) is 29.3 Å². The van der Waals surface area contributed by atoms with Gasteiger partial charge < -0.3 is 15.3 Å². The molecule has 2 N–H and O–H groups in total. The second-order valence-electron chi connectivity index (χ2n) is 5.17. The quantitative estimate of drug-likeness (QED) is 0.900. The molecule has 5 nitrogen and oxygen atoms in total. The molecule has 114 valence electrons. The molecule has 2 unspecified atom stereocenters. The molecule has 2 rings (SSSR count). The van der Waals surface area contributed by atoms with Crippen LogP contribution in [0.2, 0.25) is 0 Å². The summed E-state index contributed by atoms with van der Waals surface area (Å²) in [6, 6.07) is 7.03. The van der Waals surface area contributed by atoms with Gasteiger partial charge >= 0.3 is 12.0 Å². The monoisotopic (exact) mass is 308 g/mol. The Labute approximate surface area is 128 Å². The number of carbonyl (C=O) groups excluding carboxylic acids is 1. The number of nitrogens with one attached hydrogen (secondary N) is 1. The van der Waals surface area contributed by atoms with Crippen LogP contribution in [0.25, 0.3) is 0 Å². The van der Waals surface area contributed by atoms with Crippen molar-refractivity contribution in [3.63, 3.8) is 0 Å². The van der Waals surface area contributed by atoms with E-state index in [1.807, 2.05) is 23.6 Å². The third kappa shape index (κ3) is 3.91. The fourth-order valence-corrected chi connectivity index (χ4v) is 3.47. The van der Waals surface area contributed by atoms with Crippen molar-refractivity contribution in [2.75, 3.05) is 17.6 Å². The highest BCUT2D eigenvalue weighted by Crippen LogP contribution is 2.25. The Kier molecular flexibility index (Phi) is 5.12. The number of hydrogen-bond acceptors (Lipinski definition) is 3. The van der Waals surface area contributed by atoms with Gasteiger partial charge in [0.05, 0.1) is 6.42 Å². The third-order valence-corrected chi connectivity index (χ3v) is 5.08. The number of carbonyl (C=O) groups is 2. The molecule has 1 fully saturated rings. The standard InChI is InChI=1S/C15H20N2O3S/c1-10-11(2)21-8-7-17(10)15(20)16-13-6-4-3-5-12(13)9-14(18)19/h3-6,10-11H,7-9H2,1-2H3,(H,16,20)(H,18,19). The number of thioether (sulfide) groups is 1. The van der Waals surface area contributed by atoms with Crippen molar-refractivity contribution in [1.82, 2.24) is 4.90 Å². The summed E-state index contributed by atoms with van der Waals surface area (Å²) >= 11 is 1.87. The fourth-order valence-electron chi connectivity index (χ4n) is 2.37. The van der Waals surface area contributed by atoms with Crippen LogP contribution in [-0.4, -0.2) is 45.6 Å². The molecular weight excluding hydrogens is 288 g/mol. The van der Waals surface area contributed by atoms with Crippen molar-refractivity contribution in [3.05, 3.63) is 29.8 Å². The SMILES string of the molecule is CC1SCCN(C(=O)Nc2ccccc2CC(=O)O)C1C. The van der Waals surface area contributed by atoms with Crippen molar-refractivity contribution in [1.29, 1.82) is 0 Å². The highest BCUT2D eigenvalue weighted by molar-refractivity contribution is 8.00. The van der Waals surface area contributed by atoms with E-state index in [0.29, 0.717) is 23.0 Å². The summed E-state index contributed by atoms with van der Waals surface area (Å²) in [7, 11) is 0. The number of anilines is 1. The van der Waals surface area contributed by atoms with E-state index in [2.05, 4.69) is 12.2 Å². The zero-order valence-corrected chi connectivity index (χ0v) is 13.0. The van der Waals surface area contributed by atoms with Gasteiger partial charge in [-0.1, -0.05) is 25.1 Å². The Morgan fingerprint density at radius 3 is 2.81 bits per heavy atom. The Balaban J connectivity index is 2.10. The lowest BCUT2D eigenvalue weighted by Gasteiger charge is -2.37. The molecule has 1 saturated heterocycles. The Hall–Kier alpha value is -1.69. The molecule has 0 bridgehead atoms. The predicted molar refractivity (Wildman–Crippen MR) is 84.9 cm³/mol. The predicted octanol–water partition coefficient (Wildman–Crippen LogP) is 2.67. The first-order chi connectivity index (χ1) is 9.99. The van der Waals surface area contributed by atoms with E-state index in [4.69, 9.17) is 5.11 Å². The van der Waals surface area contributed by atoms with Crippen LogP contribution in [0.1, 0.15) is 19.4 Å². The van der Waals surface area contributed by atoms with Crippen molar-refractivity contribution in [2.45, 2.75) is 31.6 Å². The molecule has 1 aromatic rings. The van der Waals surface area contributed by atoms with E-state index >= 15 is 0 Å². The zero-order valence-electron chi connectivity index (χ0n) is 12.2. The lowest BCUT2D eigenvalue weighted by molar-refractivity contribution is -0.136. The summed E-state index contributed by atoms with van der Waals surface area (Å²) in [5, 5.41) is 12.2. The zero-order chi connectivity index (χ0) is 15.4. The molecule has 1 heterocycles. The molecule has 6 heteroatoms. The molecule has 0 radical (unpaired) electrons. The van der Waals surface area contributed by atoms with Crippen molar-refractivity contribution in [3.8, 4) is 0 Å². The van der Waals surface area contributed by atoms with Crippen molar-refractivity contribution >= 4 is 29.4 Å². The molecule has 0 spiro atoms. The Morgan fingerprint density at radius 2 is 2.10 bits per heavy atom. The van der Waals surface area contributed by atoms with Gasteiger partial charge in [-0.3, -0.25) is 4.79 Å². The first-order valence-electron chi connectivity index (χ1n) is 6.98. The first-order valence-corrected chi connectivity index (χ1v) is 8.03. The van der Waals surface area contributed by atoms with E-state index in [1.54, 1.807) is 24.3 Å². The maximum absolute atomic E-state index is 12.4. The summed E-state index contributed by atoms with van der Waals surface area (Å²) in [4.78, 5) is 25.1. The van der Waals surface area contributed by atoms with E-state index in [0.717, 1.165) is 5.75 Å². The van der Waals surface area contributed by atoms with Gasteiger partial charge in [-0.2, -0.15) is 11.8 Å². The Bertz CT molecular complexity index is 535. The first kappa shape index (κ1) is 15.7. The third-order valence-electron chi connectivity index (χ3n) is 3.75. The van der Waals surface area contributed by atoms with Crippen LogP contribution in [0.3, 0.4) is 0 Å². The van der Waals surface area contributed by atoms with E-state index in [-0.39, 0.29) is 18.5 Å². The number of para-hydroxylation sites is 1. The highest BCUT2D eigenvalue weighted by atomic mass is 32.2. The molecule has 0 aromatic heterocycles. The number of rotatable bonds is 3. The van der Waals surface area contributed by atoms with Gasteiger partial charge in [-0.25, -0.2) is 4.79 Å². The topological polar surface area (TPSA) is 69.6 Å². The smallest absolute Gasteiger partial charge is 0.322 e. The number of carboxylic acids is 1. The largest absolute Gasteiger partial charge is 0.481 e. The van der Waals surface area contributed by atoms with Crippen LogP contribution < -0.4 is 5.32 Å². The average Bonchev–Trinajstić information content (AvgIpc) is 2.43. The van der Waals surface area contributed by atoms with Gasteiger partial charge in [-0.15, -0.1) is 0 Å². The van der Waals surface area contributed by atoms with Crippen LogP contribution in [0.4, 0.5) is 10.5 Å². The maximum Gasteiger partial charge on any atom is 0.322 e. The minimum Gasteiger partial charge on any atom is -0.481 e. The number of aliphatic carboxylic acids is 1. The van der Waals surface area contributed by atoms with Crippen molar-refractivity contribution < 1.29 is 14.7 Å². The number of hydrogen-bond donors (Lipinski definition) is 2. The second-order valence-corrected chi connectivity index (χ2v) is 6.65. The number of carboxylic acid groups (broad SMARTS) is 1. The summed E-state index contributed by atoms with van der Waals surface area (Å²) in [5.74, 6) is 0.0171. The molecular formula is C15H20N2O3S. The van der Waals surface area contributed by atoms with Crippen LogP contribution in [0.5, 0.6) is 0 Å². The van der Waals surface area contributed by atoms with Crippen LogP contribution >= 0.6 is 11.8 Å². The summed E-state index contributed by atoms with van der Waals surface area (Å²) in [6.07, 6.45) is -0.0989. The molecule has 1 aliphatic rings. The minimum absolute atomic E-state index is 0.0989. The van der Waals surface area contributed by atoms with Gasteiger partial charge in [-0.05, 0) is 18.6 Å². The van der Waals surface area contributed by atoms with E-state index < -0.39 is 5.97 Å². The summed E-state index contributed by atoms with van der Waals surface area (Å²) in [5.41, 5.74) is 1.19. The molecule has 1 aromatic carbocycles. The molecule has 1 aliphatic heterocycles. The molecule has 2 amide bonds. The second kappa shape index (κ2) is 6.85. The number of benzene rings is 1. The Morgan fingerprint density at radius 1 is 1.38 bits per heavy atom. The van der Waals surface area contributed by atoms with E-state index in [9.17, 15) is 9.59 Å². The highest BCUT2D eigenvalue weighted by Gasteiger charge is 2.29. The van der Waals surface area contributed by atoms with Crippen LogP contribution in [0, 0.1) is 0 Å². The molecule has 0 aliphatic carbocycles. The molecule has 21 heavy (non-hydrogen) atoms. The van der Waals surface area contributed by atoms with Gasteiger partial charge in [0.15, 0.2) is 0 Å². The minimum atomic E-state index is -0.909. The lowest BCUT2D eigenvalue weighted by atomic mass is 10.1.